The fourth-order valence-electron chi connectivity index (χ4n) is 8.05. The normalized spacial score (nSPS) is 12.7. The van der Waals surface area contributed by atoms with Crippen molar-refractivity contribution in [2.75, 3.05) is 13.2 Å². The van der Waals surface area contributed by atoms with Crippen LogP contribution in [0.2, 0.25) is 0 Å². The highest BCUT2D eigenvalue weighted by molar-refractivity contribution is 5.76. The maximum Gasteiger partial charge on any atom is 0.305 e. The maximum absolute atomic E-state index is 12.4. The van der Waals surface area contributed by atoms with Crippen LogP contribution in [0.4, 0.5) is 0 Å². The van der Waals surface area contributed by atoms with Gasteiger partial charge < -0.3 is 20.3 Å². The van der Waals surface area contributed by atoms with Gasteiger partial charge in [0.25, 0.3) is 0 Å². The van der Waals surface area contributed by atoms with Crippen LogP contribution in [0, 0.1) is 0 Å². The minimum absolute atomic E-state index is 0.000361. The van der Waals surface area contributed by atoms with Crippen molar-refractivity contribution in [1.29, 1.82) is 0 Å². The third kappa shape index (κ3) is 44.2. The molecule has 2 unspecified atom stereocenters. The molecule has 0 aliphatic heterocycles. The number of hydrogen-bond donors (Lipinski definition) is 3. The number of carbonyl (C=O) groups is 2. The van der Waals surface area contributed by atoms with Crippen LogP contribution in [0.5, 0.6) is 0 Å². The van der Waals surface area contributed by atoms with Crippen LogP contribution in [-0.2, 0) is 14.3 Å². The second kappa shape index (κ2) is 48.3. The summed E-state index contributed by atoms with van der Waals surface area (Å²) in [6.45, 7) is 4.91. The molecule has 0 fully saturated rings. The summed E-state index contributed by atoms with van der Waals surface area (Å²) in [5.41, 5.74) is 0. The number of hydrogen-bond acceptors (Lipinski definition) is 5. The molecule has 58 heavy (non-hydrogen) atoms. The molecule has 344 valence electrons. The van der Waals surface area contributed by atoms with Gasteiger partial charge in [0.15, 0.2) is 0 Å². The molecule has 6 heteroatoms. The summed E-state index contributed by atoms with van der Waals surface area (Å²) in [6, 6.07) is -0.540. The van der Waals surface area contributed by atoms with E-state index in [9.17, 15) is 19.8 Å². The van der Waals surface area contributed by atoms with Gasteiger partial charge in [-0.3, -0.25) is 9.59 Å². The summed E-state index contributed by atoms with van der Waals surface area (Å²) in [6.07, 6.45) is 54.8. The molecule has 0 aromatic rings. The first-order valence-electron chi connectivity index (χ1n) is 25.9. The quantitative estimate of drug-likeness (QED) is 0.0323. The zero-order valence-corrected chi connectivity index (χ0v) is 39.0. The summed E-state index contributed by atoms with van der Waals surface area (Å²) >= 11 is 0. The smallest absolute Gasteiger partial charge is 0.305 e. The number of aliphatic hydroxyl groups excluding tert-OH is 2. The van der Waals surface area contributed by atoms with Gasteiger partial charge in [-0.15, -0.1) is 0 Å². The second-order valence-electron chi connectivity index (χ2n) is 17.9. The molecule has 0 aromatic carbocycles. The van der Waals surface area contributed by atoms with Crippen LogP contribution in [-0.4, -0.2) is 47.4 Å². The summed E-state index contributed by atoms with van der Waals surface area (Å²) < 4.78 is 5.46. The van der Waals surface area contributed by atoms with Crippen molar-refractivity contribution in [1.82, 2.24) is 5.32 Å². The standard InChI is InChI=1S/C52H101NO5/c1-3-5-7-9-11-13-14-22-26-30-34-38-42-46-52(57)58-47-43-39-35-31-27-24-21-19-17-15-16-18-20-23-25-29-33-37-41-45-51(56)53-49(48-54)50(55)44-40-36-32-28-12-10-8-6-4-2/h13-14,49-50,54-55H,3-12,15-48H2,1-2H3,(H,53,56)/b14-13-. The Morgan fingerprint density at radius 1 is 0.466 bits per heavy atom. The summed E-state index contributed by atoms with van der Waals surface area (Å²) in [4.78, 5) is 24.4. The van der Waals surface area contributed by atoms with Crippen LogP contribution >= 0.6 is 0 Å². The number of aliphatic hydroxyl groups is 2. The van der Waals surface area contributed by atoms with Gasteiger partial charge in [0, 0.05) is 12.8 Å². The van der Waals surface area contributed by atoms with Crippen LogP contribution in [0.15, 0.2) is 12.2 Å². The van der Waals surface area contributed by atoms with Gasteiger partial charge in [0.05, 0.1) is 25.4 Å². The van der Waals surface area contributed by atoms with Crippen LogP contribution in [0.1, 0.15) is 284 Å². The molecule has 0 aromatic heterocycles. The SMILES string of the molecule is CCCCCC/C=C\CCCCCCCC(=O)OCCCCCCCCCCCCCCCCCCCCCC(=O)NC(CO)C(O)CCCCCCCCCCC. The molecule has 6 nitrogen and oxygen atoms in total. The van der Waals surface area contributed by atoms with E-state index < -0.39 is 12.1 Å². The number of nitrogens with one attached hydrogen (secondary N) is 1. The van der Waals surface area contributed by atoms with Gasteiger partial charge >= 0.3 is 5.97 Å². The lowest BCUT2D eigenvalue weighted by atomic mass is 10.0. The fraction of sp³-hybridized carbons (Fsp3) is 0.923. The van der Waals surface area contributed by atoms with E-state index in [0.29, 0.717) is 25.9 Å². The Morgan fingerprint density at radius 3 is 1.24 bits per heavy atom. The van der Waals surface area contributed by atoms with Gasteiger partial charge in [-0.1, -0.05) is 231 Å². The molecule has 3 N–H and O–H groups in total. The molecule has 0 aliphatic carbocycles. The molecule has 0 radical (unpaired) electrons. The minimum atomic E-state index is -0.663. The van der Waals surface area contributed by atoms with Gasteiger partial charge in [-0.2, -0.15) is 0 Å². The highest BCUT2D eigenvalue weighted by Gasteiger charge is 2.20. The number of rotatable bonds is 48. The van der Waals surface area contributed by atoms with E-state index in [-0.39, 0.29) is 18.5 Å². The van der Waals surface area contributed by atoms with Crippen molar-refractivity contribution >= 4 is 11.9 Å². The largest absolute Gasteiger partial charge is 0.466 e. The first-order chi connectivity index (χ1) is 28.5. The predicted octanol–water partition coefficient (Wildman–Crippen LogP) is 15.3. The lowest BCUT2D eigenvalue weighted by Crippen LogP contribution is -2.45. The lowest BCUT2D eigenvalue weighted by molar-refractivity contribution is -0.143. The molecule has 0 saturated heterocycles. The molecule has 0 bridgehead atoms. The average Bonchev–Trinajstić information content (AvgIpc) is 3.22. The highest BCUT2D eigenvalue weighted by Crippen LogP contribution is 2.17. The molecule has 2 atom stereocenters. The molecule has 0 aliphatic rings. The number of esters is 1. The van der Waals surface area contributed by atoms with Crippen molar-refractivity contribution in [3.05, 3.63) is 12.2 Å². The number of amides is 1. The van der Waals surface area contributed by atoms with E-state index in [0.717, 1.165) is 44.9 Å². The van der Waals surface area contributed by atoms with Crippen LogP contribution < -0.4 is 5.32 Å². The third-order valence-corrected chi connectivity index (χ3v) is 12.1. The molecule has 0 heterocycles. The molecular weight excluding hydrogens is 719 g/mol. The van der Waals surface area contributed by atoms with E-state index in [1.165, 1.54) is 205 Å². The number of carbonyl (C=O) groups excluding carboxylic acids is 2. The number of allylic oxidation sites excluding steroid dienone is 2. The summed E-state index contributed by atoms with van der Waals surface area (Å²) in [5, 5.41) is 23.1. The van der Waals surface area contributed by atoms with E-state index in [1.54, 1.807) is 0 Å². The monoisotopic (exact) mass is 820 g/mol. The summed E-state index contributed by atoms with van der Waals surface area (Å²) in [7, 11) is 0. The Kier molecular flexibility index (Phi) is 47.1. The van der Waals surface area contributed by atoms with Gasteiger partial charge in [0.1, 0.15) is 0 Å². The molecule has 0 spiro atoms. The zero-order chi connectivity index (χ0) is 42.3. The van der Waals surface area contributed by atoms with Crippen molar-refractivity contribution in [2.45, 2.75) is 296 Å². The highest BCUT2D eigenvalue weighted by atomic mass is 16.5. The average molecular weight is 820 g/mol. The molecule has 0 rings (SSSR count). The number of unbranched alkanes of at least 4 members (excludes halogenated alkanes) is 35. The Hall–Kier alpha value is -1.40. The van der Waals surface area contributed by atoms with E-state index in [2.05, 4.69) is 31.3 Å². The zero-order valence-electron chi connectivity index (χ0n) is 39.0. The first kappa shape index (κ1) is 56.6. The van der Waals surface area contributed by atoms with Crippen LogP contribution in [0.25, 0.3) is 0 Å². The first-order valence-corrected chi connectivity index (χ1v) is 25.9. The fourth-order valence-corrected chi connectivity index (χ4v) is 8.05. The van der Waals surface area contributed by atoms with Crippen LogP contribution in [0.3, 0.4) is 0 Å². The van der Waals surface area contributed by atoms with E-state index in [1.807, 2.05) is 0 Å². The molecule has 1 amide bonds. The predicted molar refractivity (Wildman–Crippen MR) is 250 cm³/mol. The van der Waals surface area contributed by atoms with Crippen molar-refractivity contribution < 1.29 is 24.5 Å². The Bertz CT molecular complexity index is 863. The lowest BCUT2D eigenvalue weighted by Gasteiger charge is -2.22. The Morgan fingerprint density at radius 2 is 0.810 bits per heavy atom. The van der Waals surface area contributed by atoms with Gasteiger partial charge in [0.2, 0.25) is 5.91 Å². The summed E-state index contributed by atoms with van der Waals surface area (Å²) in [5.74, 6) is -0.0404. The van der Waals surface area contributed by atoms with Crippen molar-refractivity contribution in [2.24, 2.45) is 0 Å². The maximum atomic E-state index is 12.4. The minimum Gasteiger partial charge on any atom is -0.466 e. The Labute approximate surface area is 361 Å². The molecule has 0 saturated carbocycles. The number of ether oxygens (including phenoxy) is 1. The van der Waals surface area contributed by atoms with Gasteiger partial charge in [-0.25, -0.2) is 0 Å². The van der Waals surface area contributed by atoms with Gasteiger partial charge in [-0.05, 0) is 51.4 Å². The van der Waals surface area contributed by atoms with Crippen molar-refractivity contribution in [3.63, 3.8) is 0 Å². The topological polar surface area (TPSA) is 95.9 Å². The molecular formula is C52H101NO5. The Balaban J connectivity index is 3.37. The third-order valence-electron chi connectivity index (χ3n) is 12.1. The van der Waals surface area contributed by atoms with E-state index in [4.69, 9.17) is 4.74 Å². The second-order valence-corrected chi connectivity index (χ2v) is 17.9. The van der Waals surface area contributed by atoms with Crippen molar-refractivity contribution in [3.8, 4) is 0 Å². The van der Waals surface area contributed by atoms with E-state index >= 15 is 0 Å².